The molecule has 8 heteroatoms. The van der Waals surface area contributed by atoms with E-state index < -0.39 is 24.5 Å². The number of benzene rings is 1. The Kier molecular flexibility index (Phi) is 5.76. The van der Waals surface area contributed by atoms with Crippen LogP contribution in [0.1, 0.15) is 48.5 Å². The van der Waals surface area contributed by atoms with E-state index in [0.29, 0.717) is 17.1 Å². The molecular weight excluding hydrogens is 384 g/mol. The van der Waals surface area contributed by atoms with Crippen LogP contribution in [0.5, 0.6) is 0 Å². The molecule has 0 aliphatic heterocycles. The summed E-state index contributed by atoms with van der Waals surface area (Å²) in [5.41, 5.74) is 2.65. The van der Waals surface area contributed by atoms with E-state index in [0.717, 1.165) is 29.9 Å². The Morgan fingerprint density at radius 1 is 1.17 bits per heavy atom. The number of fused-ring (bicyclic) bond motifs is 1. The van der Waals surface area contributed by atoms with Crippen molar-refractivity contribution in [3.8, 4) is 11.5 Å². The minimum atomic E-state index is -1.35. The smallest absolute Gasteiger partial charge is 0.328 e. The molecule has 1 saturated carbocycles. The van der Waals surface area contributed by atoms with Gasteiger partial charge in [-0.3, -0.25) is 9.78 Å². The first-order chi connectivity index (χ1) is 14.6. The molecule has 0 bridgehead atoms. The lowest BCUT2D eigenvalue weighted by Crippen LogP contribution is -2.43. The molecule has 1 fully saturated rings. The summed E-state index contributed by atoms with van der Waals surface area (Å²) in [5.74, 6) is -1.08. The number of carboxylic acid groups (broad SMARTS) is 1. The molecule has 0 radical (unpaired) electrons. The van der Waals surface area contributed by atoms with Crippen LogP contribution in [0.4, 0.5) is 0 Å². The summed E-state index contributed by atoms with van der Waals surface area (Å²) in [7, 11) is 0. The summed E-state index contributed by atoms with van der Waals surface area (Å²) in [6.07, 6.45) is 7.46. The zero-order valence-electron chi connectivity index (χ0n) is 16.5. The molecule has 0 unspecified atom stereocenters. The van der Waals surface area contributed by atoms with Gasteiger partial charge in [-0.25, -0.2) is 9.78 Å². The summed E-state index contributed by atoms with van der Waals surface area (Å²) in [4.78, 5) is 32.8. The summed E-state index contributed by atoms with van der Waals surface area (Å²) >= 11 is 0. The third-order valence-electron chi connectivity index (χ3n) is 5.57. The number of imidazole rings is 1. The second-order valence-electron chi connectivity index (χ2n) is 7.56. The van der Waals surface area contributed by atoms with Crippen LogP contribution >= 0.6 is 0 Å². The number of pyridine rings is 1. The van der Waals surface area contributed by atoms with E-state index in [4.69, 9.17) is 15.2 Å². The SMILES string of the molecule is O=C(N[C@@H](CO)C(=O)O)c1ccc2c(c1)nc(-c1ccccn1)n2C1CCCCC1. The highest BCUT2D eigenvalue weighted by Crippen LogP contribution is 2.35. The minimum absolute atomic E-state index is 0.295. The molecule has 4 rings (SSSR count). The number of aromatic nitrogens is 3. The van der Waals surface area contributed by atoms with Crippen molar-refractivity contribution in [1.29, 1.82) is 0 Å². The average molecular weight is 408 g/mol. The lowest BCUT2D eigenvalue weighted by Gasteiger charge is -2.25. The lowest BCUT2D eigenvalue weighted by atomic mass is 9.95. The molecule has 2 heterocycles. The number of aliphatic hydroxyl groups is 1. The number of nitrogens with one attached hydrogen (secondary N) is 1. The number of hydrogen-bond acceptors (Lipinski definition) is 5. The predicted octanol–water partition coefficient (Wildman–Crippen LogP) is 2.78. The van der Waals surface area contributed by atoms with E-state index in [-0.39, 0.29) is 0 Å². The Morgan fingerprint density at radius 2 is 1.97 bits per heavy atom. The van der Waals surface area contributed by atoms with E-state index in [1.807, 2.05) is 24.3 Å². The minimum Gasteiger partial charge on any atom is -0.480 e. The van der Waals surface area contributed by atoms with E-state index in [2.05, 4.69) is 14.9 Å². The predicted molar refractivity (Wildman–Crippen MR) is 111 cm³/mol. The second kappa shape index (κ2) is 8.62. The molecule has 1 amide bonds. The first-order valence-corrected chi connectivity index (χ1v) is 10.2. The van der Waals surface area contributed by atoms with E-state index in [1.54, 1.807) is 18.3 Å². The molecule has 8 nitrogen and oxygen atoms in total. The fourth-order valence-corrected chi connectivity index (χ4v) is 4.05. The molecule has 0 saturated heterocycles. The molecule has 30 heavy (non-hydrogen) atoms. The second-order valence-corrected chi connectivity index (χ2v) is 7.56. The maximum atomic E-state index is 12.5. The number of carbonyl (C=O) groups is 2. The van der Waals surface area contributed by atoms with Crippen LogP contribution in [0.25, 0.3) is 22.6 Å². The van der Waals surface area contributed by atoms with E-state index >= 15 is 0 Å². The van der Waals surface area contributed by atoms with Crippen LogP contribution in [0, 0.1) is 0 Å². The molecule has 3 N–H and O–H groups in total. The molecule has 0 spiro atoms. The van der Waals surface area contributed by atoms with Gasteiger partial charge in [-0.05, 0) is 43.2 Å². The van der Waals surface area contributed by atoms with Gasteiger partial charge in [0.2, 0.25) is 0 Å². The molecule has 3 aromatic rings. The van der Waals surface area contributed by atoms with Crippen LogP contribution in [0.15, 0.2) is 42.6 Å². The van der Waals surface area contributed by atoms with Gasteiger partial charge in [-0.15, -0.1) is 0 Å². The van der Waals surface area contributed by atoms with Crippen molar-refractivity contribution < 1.29 is 19.8 Å². The Balaban J connectivity index is 1.75. The van der Waals surface area contributed by atoms with Crippen molar-refractivity contribution in [1.82, 2.24) is 19.9 Å². The van der Waals surface area contributed by atoms with Gasteiger partial charge < -0.3 is 20.1 Å². The van der Waals surface area contributed by atoms with Gasteiger partial charge in [-0.1, -0.05) is 25.3 Å². The van der Waals surface area contributed by atoms with Gasteiger partial charge in [0.25, 0.3) is 5.91 Å². The van der Waals surface area contributed by atoms with Crippen molar-refractivity contribution in [3.63, 3.8) is 0 Å². The third-order valence-corrected chi connectivity index (χ3v) is 5.57. The number of carbonyl (C=O) groups excluding carboxylic acids is 1. The number of carboxylic acids is 1. The van der Waals surface area contributed by atoms with Crippen LogP contribution < -0.4 is 5.32 Å². The van der Waals surface area contributed by atoms with Gasteiger partial charge in [0.05, 0.1) is 17.6 Å². The van der Waals surface area contributed by atoms with E-state index in [1.165, 1.54) is 19.3 Å². The quantitative estimate of drug-likeness (QED) is 0.577. The van der Waals surface area contributed by atoms with Crippen molar-refractivity contribution in [2.45, 2.75) is 44.2 Å². The first kappa shape index (κ1) is 20.0. The third kappa shape index (κ3) is 3.91. The Hall–Kier alpha value is -3.26. The highest BCUT2D eigenvalue weighted by atomic mass is 16.4. The number of aliphatic hydroxyl groups excluding tert-OH is 1. The number of rotatable bonds is 6. The van der Waals surface area contributed by atoms with Crippen LogP contribution in [-0.2, 0) is 4.79 Å². The Labute approximate surface area is 173 Å². The Bertz CT molecular complexity index is 1060. The molecule has 1 aromatic carbocycles. The molecule has 1 aliphatic carbocycles. The monoisotopic (exact) mass is 408 g/mol. The standard InChI is InChI=1S/C22H24N4O4/c27-13-18(22(29)30)25-21(28)14-9-10-19-17(12-14)24-20(16-8-4-5-11-23-16)26(19)15-6-2-1-3-7-15/h4-5,8-12,15,18,27H,1-3,6-7,13H2,(H,25,28)(H,29,30)/t18-/m0/s1. The topological polar surface area (TPSA) is 117 Å². The summed E-state index contributed by atoms with van der Waals surface area (Å²) in [5, 5.41) is 20.5. The van der Waals surface area contributed by atoms with E-state index in [9.17, 15) is 9.59 Å². The fourth-order valence-electron chi connectivity index (χ4n) is 4.05. The van der Waals surface area contributed by atoms with Crippen molar-refractivity contribution >= 4 is 22.9 Å². The van der Waals surface area contributed by atoms with Crippen molar-refractivity contribution in [3.05, 3.63) is 48.2 Å². The molecule has 2 aromatic heterocycles. The highest BCUT2D eigenvalue weighted by Gasteiger charge is 2.24. The molecule has 1 atom stereocenters. The summed E-state index contributed by atoms with van der Waals surface area (Å²) in [6, 6.07) is 9.86. The number of nitrogens with zero attached hydrogens (tertiary/aromatic N) is 3. The van der Waals surface area contributed by atoms with Crippen molar-refractivity contribution in [2.75, 3.05) is 6.61 Å². The first-order valence-electron chi connectivity index (χ1n) is 10.2. The average Bonchev–Trinajstić information content (AvgIpc) is 3.17. The Morgan fingerprint density at radius 3 is 2.63 bits per heavy atom. The maximum Gasteiger partial charge on any atom is 0.328 e. The van der Waals surface area contributed by atoms with Crippen molar-refractivity contribution in [2.24, 2.45) is 0 Å². The fraction of sp³-hybridized carbons (Fsp3) is 0.364. The molecule has 156 valence electrons. The van der Waals surface area contributed by atoms with Crippen LogP contribution in [0.2, 0.25) is 0 Å². The van der Waals surface area contributed by atoms with Gasteiger partial charge in [0.1, 0.15) is 5.69 Å². The van der Waals surface area contributed by atoms with Gasteiger partial charge >= 0.3 is 5.97 Å². The normalized spacial score (nSPS) is 15.8. The lowest BCUT2D eigenvalue weighted by molar-refractivity contribution is -0.140. The van der Waals surface area contributed by atoms with Crippen LogP contribution in [-0.4, -0.2) is 49.3 Å². The number of hydrogen-bond donors (Lipinski definition) is 3. The largest absolute Gasteiger partial charge is 0.480 e. The molecule has 1 aliphatic rings. The van der Waals surface area contributed by atoms with Crippen LogP contribution in [0.3, 0.4) is 0 Å². The maximum absolute atomic E-state index is 12.5. The van der Waals surface area contributed by atoms with Gasteiger partial charge in [0.15, 0.2) is 11.9 Å². The number of aliphatic carboxylic acids is 1. The molecular formula is C22H24N4O4. The summed E-state index contributed by atoms with van der Waals surface area (Å²) in [6.45, 7) is -0.677. The zero-order chi connectivity index (χ0) is 21.1. The summed E-state index contributed by atoms with van der Waals surface area (Å²) < 4.78 is 2.23. The van der Waals surface area contributed by atoms with Gasteiger partial charge in [0, 0.05) is 17.8 Å². The van der Waals surface area contributed by atoms with Gasteiger partial charge in [-0.2, -0.15) is 0 Å². The highest BCUT2D eigenvalue weighted by molar-refractivity contribution is 5.99. The zero-order valence-corrected chi connectivity index (χ0v) is 16.5. The number of amides is 1.